The second kappa shape index (κ2) is 10.2. The molecule has 1 aliphatic heterocycles. The average molecular weight is 376 g/mol. The first-order chi connectivity index (χ1) is 12.2. The van der Waals surface area contributed by atoms with Gasteiger partial charge in [-0.15, -0.1) is 12.4 Å². The smallest absolute Gasteiger partial charge is 0.119 e. The van der Waals surface area contributed by atoms with E-state index in [9.17, 15) is 5.21 Å². The summed E-state index contributed by atoms with van der Waals surface area (Å²) in [5.74, 6) is 0.810. The van der Waals surface area contributed by atoms with Crippen LogP contribution in [0.3, 0.4) is 0 Å². The number of piperazine rings is 1. The second-order valence-electron chi connectivity index (χ2n) is 6.42. The Balaban J connectivity index is 0.00000243. The maximum absolute atomic E-state index is 9.40. The molecular weight excluding hydrogens is 350 g/mol. The van der Waals surface area contributed by atoms with Crippen molar-refractivity contribution in [3.8, 4) is 5.75 Å². The topological polar surface area (TPSA) is 48.3 Å². The van der Waals surface area contributed by atoms with Crippen molar-refractivity contribution in [2.24, 2.45) is 5.16 Å². The van der Waals surface area contributed by atoms with Gasteiger partial charge in [0, 0.05) is 38.3 Å². The van der Waals surface area contributed by atoms with E-state index in [2.05, 4.69) is 22.0 Å². The first-order valence-electron chi connectivity index (χ1n) is 8.63. The number of nitrogens with zero attached hydrogens (tertiary/aromatic N) is 3. The quantitative estimate of drug-likeness (QED) is 0.479. The highest BCUT2D eigenvalue weighted by molar-refractivity contribution is 6.01. The van der Waals surface area contributed by atoms with E-state index in [0.717, 1.165) is 43.1 Å². The molecule has 0 bridgehead atoms. The number of oxime groups is 1. The highest BCUT2D eigenvalue weighted by Gasteiger charge is 2.16. The average Bonchev–Trinajstić information content (AvgIpc) is 2.67. The molecule has 140 valence electrons. The maximum Gasteiger partial charge on any atom is 0.119 e. The fraction of sp³-hybridized carbons (Fsp3) is 0.350. The predicted molar refractivity (Wildman–Crippen MR) is 107 cm³/mol. The summed E-state index contributed by atoms with van der Waals surface area (Å²) in [6.45, 7) is 5.29. The highest BCUT2D eigenvalue weighted by atomic mass is 35.5. The summed E-state index contributed by atoms with van der Waals surface area (Å²) in [5.41, 5.74) is 2.76. The Bertz CT molecular complexity index is 684. The summed E-state index contributed by atoms with van der Waals surface area (Å²) in [7, 11) is 2.13. The zero-order valence-electron chi connectivity index (χ0n) is 15.0. The van der Waals surface area contributed by atoms with Crippen LogP contribution in [0.25, 0.3) is 0 Å². The molecule has 1 aliphatic rings. The van der Waals surface area contributed by atoms with E-state index in [1.54, 1.807) is 0 Å². The van der Waals surface area contributed by atoms with Gasteiger partial charge in [0.15, 0.2) is 0 Å². The van der Waals surface area contributed by atoms with Gasteiger partial charge < -0.3 is 14.8 Å². The lowest BCUT2D eigenvalue weighted by atomic mass is 10.1. The van der Waals surface area contributed by atoms with Gasteiger partial charge in [-0.3, -0.25) is 4.90 Å². The Morgan fingerprint density at radius 2 is 1.65 bits per heavy atom. The van der Waals surface area contributed by atoms with Gasteiger partial charge in [0.1, 0.15) is 18.1 Å². The van der Waals surface area contributed by atoms with Crippen LogP contribution in [0, 0.1) is 0 Å². The van der Waals surface area contributed by atoms with Gasteiger partial charge in [-0.05, 0) is 36.9 Å². The summed E-state index contributed by atoms with van der Waals surface area (Å²) in [5, 5.41) is 12.9. The molecule has 26 heavy (non-hydrogen) atoms. The number of rotatable bonds is 6. The van der Waals surface area contributed by atoms with Gasteiger partial charge in [-0.25, -0.2) is 0 Å². The lowest BCUT2D eigenvalue weighted by Gasteiger charge is -2.32. The Kier molecular flexibility index (Phi) is 7.91. The molecule has 6 heteroatoms. The Labute approximate surface area is 161 Å². The van der Waals surface area contributed by atoms with Crippen LogP contribution in [0.2, 0.25) is 0 Å². The van der Waals surface area contributed by atoms with Crippen LogP contribution < -0.4 is 4.74 Å². The van der Waals surface area contributed by atoms with Crippen LogP contribution in [0.4, 0.5) is 0 Å². The van der Waals surface area contributed by atoms with E-state index in [4.69, 9.17) is 4.74 Å². The van der Waals surface area contributed by atoms with E-state index < -0.39 is 0 Å². The molecule has 0 radical (unpaired) electrons. The van der Waals surface area contributed by atoms with Crippen molar-refractivity contribution in [2.75, 3.05) is 39.8 Å². The second-order valence-corrected chi connectivity index (χ2v) is 6.42. The Hall–Kier alpha value is -2.08. The van der Waals surface area contributed by atoms with Crippen molar-refractivity contribution < 1.29 is 9.94 Å². The zero-order chi connectivity index (χ0) is 17.5. The van der Waals surface area contributed by atoms with E-state index >= 15 is 0 Å². The summed E-state index contributed by atoms with van der Waals surface area (Å²) in [6.07, 6.45) is 0. The highest BCUT2D eigenvalue weighted by Crippen LogP contribution is 2.15. The van der Waals surface area contributed by atoms with Crippen molar-refractivity contribution >= 4 is 18.1 Å². The summed E-state index contributed by atoms with van der Waals surface area (Å²) >= 11 is 0. The van der Waals surface area contributed by atoms with Crippen LogP contribution in [0.1, 0.15) is 11.1 Å². The lowest BCUT2D eigenvalue weighted by Crippen LogP contribution is -2.46. The Morgan fingerprint density at radius 1 is 1.00 bits per heavy atom. The van der Waals surface area contributed by atoms with Gasteiger partial charge in [0.25, 0.3) is 0 Å². The molecule has 2 aromatic rings. The monoisotopic (exact) mass is 375 g/mol. The van der Waals surface area contributed by atoms with Gasteiger partial charge in [-0.2, -0.15) is 0 Å². The molecule has 0 aromatic heterocycles. The summed E-state index contributed by atoms with van der Waals surface area (Å²) < 4.78 is 5.80. The van der Waals surface area contributed by atoms with Crippen LogP contribution in [0.5, 0.6) is 5.75 Å². The molecule has 1 heterocycles. The third kappa shape index (κ3) is 5.73. The van der Waals surface area contributed by atoms with E-state index in [-0.39, 0.29) is 12.4 Å². The molecule has 5 nitrogen and oxygen atoms in total. The molecule has 3 rings (SSSR count). The van der Waals surface area contributed by atoms with Crippen molar-refractivity contribution in [1.29, 1.82) is 0 Å². The van der Waals surface area contributed by atoms with E-state index in [1.165, 1.54) is 0 Å². The fourth-order valence-electron chi connectivity index (χ4n) is 2.88. The van der Waals surface area contributed by atoms with Crippen molar-refractivity contribution in [3.63, 3.8) is 0 Å². The largest absolute Gasteiger partial charge is 0.489 e. The molecule has 1 fully saturated rings. The van der Waals surface area contributed by atoms with Crippen LogP contribution >= 0.6 is 12.4 Å². The minimum absolute atomic E-state index is 0. The van der Waals surface area contributed by atoms with E-state index in [0.29, 0.717) is 18.9 Å². The fourth-order valence-corrected chi connectivity index (χ4v) is 2.88. The number of likely N-dealkylation sites (N-methyl/N-ethyl adjacent to an activating group) is 1. The first-order valence-corrected chi connectivity index (χ1v) is 8.63. The minimum atomic E-state index is 0. The van der Waals surface area contributed by atoms with Crippen LogP contribution in [-0.2, 0) is 6.61 Å². The van der Waals surface area contributed by atoms with Crippen molar-refractivity contribution in [3.05, 3.63) is 65.7 Å². The maximum atomic E-state index is 9.40. The minimum Gasteiger partial charge on any atom is -0.489 e. The number of ether oxygens (including phenoxy) is 1. The lowest BCUT2D eigenvalue weighted by molar-refractivity contribution is 0.169. The molecule has 0 spiro atoms. The van der Waals surface area contributed by atoms with Gasteiger partial charge in [0.05, 0.1) is 0 Å². The first kappa shape index (κ1) is 20.2. The zero-order valence-corrected chi connectivity index (χ0v) is 15.9. The molecule has 1 N–H and O–H groups in total. The van der Waals surface area contributed by atoms with Crippen molar-refractivity contribution in [2.45, 2.75) is 6.61 Å². The molecule has 0 atom stereocenters. The molecule has 0 amide bonds. The SMILES string of the molecule is CN1CCN(CC(=NO)c2ccc(OCc3ccccc3)cc2)CC1.Cl. The summed E-state index contributed by atoms with van der Waals surface area (Å²) in [4.78, 5) is 4.62. The van der Waals surface area contributed by atoms with Crippen LogP contribution in [0.15, 0.2) is 59.8 Å². The number of halogens is 1. The number of hydrogen-bond acceptors (Lipinski definition) is 5. The Morgan fingerprint density at radius 3 is 2.27 bits per heavy atom. The van der Waals surface area contributed by atoms with Gasteiger partial charge >= 0.3 is 0 Å². The molecule has 0 aliphatic carbocycles. The standard InChI is InChI=1S/C20H25N3O2.ClH/c1-22-11-13-23(14-12-22)15-20(21-24)18-7-9-19(10-8-18)25-16-17-5-3-2-4-6-17;/h2-10,24H,11-16H2,1H3;1H. The molecule has 1 saturated heterocycles. The molecule has 0 saturated carbocycles. The third-order valence-corrected chi connectivity index (χ3v) is 4.53. The molecule has 0 unspecified atom stereocenters. The number of benzene rings is 2. The van der Waals surface area contributed by atoms with Crippen molar-refractivity contribution in [1.82, 2.24) is 9.80 Å². The van der Waals surface area contributed by atoms with Gasteiger partial charge in [0.2, 0.25) is 0 Å². The molecule has 2 aromatic carbocycles. The van der Waals surface area contributed by atoms with Gasteiger partial charge in [-0.1, -0.05) is 35.5 Å². The molecular formula is C20H26ClN3O2. The van der Waals surface area contributed by atoms with Crippen LogP contribution in [-0.4, -0.2) is 60.5 Å². The summed E-state index contributed by atoms with van der Waals surface area (Å²) in [6, 6.07) is 17.8. The third-order valence-electron chi connectivity index (χ3n) is 4.53. The predicted octanol–water partition coefficient (Wildman–Crippen LogP) is 3.11. The normalized spacial score (nSPS) is 16.1. The van der Waals surface area contributed by atoms with E-state index in [1.807, 2.05) is 54.6 Å². The number of hydrogen-bond donors (Lipinski definition) is 1.